The lowest BCUT2D eigenvalue weighted by Gasteiger charge is -2.31. The van der Waals surface area contributed by atoms with Gasteiger partial charge in [-0.05, 0) is 49.9 Å². The standard InChI is InChI=1S/C18H22ClN3O2S.ClH/c19-12-3-1-11(2-4-12)18(24)22-10-25-9-16(22)17(23)21-15-7-13-5-6-14(8-15)20-13;/h1-4,13-16,20H,5-10H2,(H,21,23);1H. The highest BCUT2D eigenvalue weighted by molar-refractivity contribution is 7.99. The molecule has 0 saturated carbocycles. The highest BCUT2D eigenvalue weighted by Crippen LogP contribution is 2.28. The number of benzene rings is 1. The Morgan fingerprint density at radius 2 is 1.81 bits per heavy atom. The monoisotopic (exact) mass is 415 g/mol. The maximum atomic E-state index is 12.8. The van der Waals surface area contributed by atoms with Crippen molar-refractivity contribution >= 4 is 47.6 Å². The largest absolute Gasteiger partial charge is 0.351 e. The van der Waals surface area contributed by atoms with E-state index in [4.69, 9.17) is 11.6 Å². The summed E-state index contributed by atoms with van der Waals surface area (Å²) in [4.78, 5) is 27.2. The van der Waals surface area contributed by atoms with Crippen LogP contribution < -0.4 is 10.6 Å². The number of nitrogens with one attached hydrogen (secondary N) is 2. The minimum Gasteiger partial charge on any atom is -0.351 e. The van der Waals surface area contributed by atoms with Gasteiger partial charge in [0.05, 0.1) is 5.88 Å². The summed E-state index contributed by atoms with van der Waals surface area (Å²) < 4.78 is 0. The van der Waals surface area contributed by atoms with E-state index in [0.29, 0.717) is 34.3 Å². The zero-order valence-corrected chi connectivity index (χ0v) is 16.7. The Balaban J connectivity index is 0.00000196. The van der Waals surface area contributed by atoms with Gasteiger partial charge in [0.15, 0.2) is 0 Å². The number of hydrogen-bond donors (Lipinski definition) is 2. The van der Waals surface area contributed by atoms with E-state index >= 15 is 0 Å². The second-order valence-corrected chi connectivity index (χ2v) is 8.55. The van der Waals surface area contributed by atoms with Crippen LogP contribution in [-0.4, -0.2) is 52.5 Å². The summed E-state index contributed by atoms with van der Waals surface area (Å²) >= 11 is 7.52. The summed E-state index contributed by atoms with van der Waals surface area (Å²) in [5, 5.41) is 7.38. The molecule has 2 bridgehead atoms. The van der Waals surface area contributed by atoms with E-state index in [2.05, 4.69) is 10.6 Å². The van der Waals surface area contributed by atoms with Gasteiger partial charge in [0.25, 0.3) is 5.91 Å². The van der Waals surface area contributed by atoms with Gasteiger partial charge in [-0.25, -0.2) is 0 Å². The molecule has 0 spiro atoms. The van der Waals surface area contributed by atoms with Crippen molar-refractivity contribution in [3.05, 3.63) is 34.9 Å². The fourth-order valence-corrected chi connectivity index (χ4v) is 5.37. The molecule has 142 valence electrons. The van der Waals surface area contributed by atoms with Gasteiger partial charge in [-0.2, -0.15) is 0 Å². The molecule has 3 atom stereocenters. The minimum atomic E-state index is -0.388. The quantitative estimate of drug-likeness (QED) is 0.796. The predicted octanol–water partition coefficient (Wildman–Crippen LogP) is 2.68. The molecule has 1 aromatic carbocycles. The second kappa shape index (κ2) is 8.38. The molecule has 3 unspecified atom stereocenters. The van der Waals surface area contributed by atoms with Gasteiger partial charge >= 0.3 is 0 Å². The van der Waals surface area contributed by atoms with E-state index in [1.165, 1.54) is 12.8 Å². The maximum Gasteiger partial charge on any atom is 0.255 e. The lowest BCUT2D eigenvalue weighted by Crippen LogP contribution is -2.53. The van der Waals surface area contributed by atoms with E-state index in [-0.39, 0.29) is 36.3 Å². The van der Waals surface area contributed by atoms with Crippen LogP contribution in [0.15, 0.2) is 24.3 Å². The Morgan fingerprint density at radius 3 is 2.46 bits per heavy atom. The van der Waals surface area contributed by atoms with Crippen molar-refractivity contribution < 1.29 is 9.59 Å². The molecule has 0 radical (unpaired) electrons. The van der Waals surface area contributed by atoms with Gasteiger partial charge < -0.3 is 15.5 Å². The number of hydrogen-bond acceptors (Lipinski definition) is 4. The number of piperidine rings is 1. The van der Waals surface area contributed by atoms with Gasteiger partial charge in [-0.1, -0.05) is 11.6 Å². The van der Waals surface area contributed by atoms with Gasteiger partial charge in [-0.15, -0.1) is 24.2 Å². The number of rotatable bonds is 3. The molecule has 26 heavy (non-hydrogen) atoms. The van der Waals surface area contributed by atoms with Crippen LogP contribution in [-0.2, 0) is 4.79 Å². The Morgan fingerprint density at radius 1 is 1.15 bits per heavy atom. The van der Waals surface area contributed by atoms with Crippen LogP contribution in [0.25, 0.3) is 0 Å². The van der Waals surface area contributed by atoms with E-state index in [0.717, 1.165) is 12.8 Å². The number of carbonyl (C=O) groups excluding carboxylic acids is 2. The molecule has 5 nitrogen and oxygen atoms in total. The topological polar surface area (TPSA) is 61.4 Å². The van der Waals surface area contributed by atoms with Crippen LogP contribution in [0.4, 0.5) is 0 Å². The molecule has 3 fully saturated rings. The summed E-state index contributed by atoms with van der Waals surface area (Å²) in [6.45, 7) is 0. The molecule has 3 saturated heterocycles. The molecule has 2 N–H and O–H groups in total. The lowest BCUT2D eigenvalue weighted by atomic mass is 9.99. The van der Waals surface area contributed by atoms with Crippen LogP contribution in [0.2, 0.25) is 5.02 Å². The van der Waals surface area contributed by atoms with Crippen molar-refractivity contribution in [1.29, 1.82) is 0 Å². The highest BCUT2D eigenvalue weighted by atomic mass is 35.5. The molecule has 3 heterocycles. The fourth-order valence-electron chi connectivity index (χ4n) is 4.09. The van der Waals surface area contributed by atoms with Crippen molar-refractivity contribution in [2.24, 2.45) is 0 Å². The van der Waals surface area contributed by atoms with Gasteiger partial charge in [0.2, 0.25) is 5.91 Å². The summed E-state index contributed by atoms with van der Waals surface area (Å²) in [7, 11) is 0. The highest BCUT2D eigenvalue weighted by Gasteiger charge is 2.38. The first-order chi connectivity index (χ1) is 12.1. The normalized spacial score (nSPS) is 30.0. The molecular weight excluding hydrogens is 393 g/mol. The Bertz CT molecular complexity index is 661. The number of halogens is 2. The molecule has 2 amide bonds. The predicted molar refractivity (Wildman–Crippen MR) is 107 cm³/mol. The summed E-state index contributed by atoms with van der Waals surface area (Å²) in [5.41, 5.74) is 0.574. The number of fused-ring (bicyclic) bond motifs is 2. The average Bonchev–Trinajstić information content (AvgIpc) is 3.21. The summed E-state index contributed by atoms with van der Waals surface area (Å²) in [5.74, 6) is 1.09. The first-order valence-electron chi connectivity index (χ1n) is 8.81. The zero-order chi connectivity index (χ0) is 17.4. The van der Waals surface area contributed by atoms with Crippen molar-refractivity contribution in [2.45, 2.75) is 49.9 Å². The average molecular weight is 416 g/mol. The number of nitrogens with zero attached hydrogens (tertiary/aromatic N) is 1. The molecule has 4 rings (SSSR count). The Labute approximate surface area is 169 Å². The Kier molecular flexibility index (Phi) is 6.38. The molecule has 3 aliphatic rings. The van der Waals surface area contributed by atoms with Crippen LogP contribution in [0.5, 0.6) is 0 Å². The van der Waals surface area contributed by atoms with Crippen LogP contribution in [0.3, 0.4) is 0 Å². The Hall–Kier alpha value is -0.950. The second-order valence-electron chi connectivity index (χ2n) is 7.11. The molecule has 0 aliphatic carbocycles. The minimum absolute atomic E-state index is 0. The first kappa shape index (κ1) is 19.8. The summed E-state index contributed by atoms with van der Waals surface area (Å²) in [6, 6.07) is 7.75. The molecule has 1 aromatic rings. The molecular formula is C18H23Cl2N3O2S. The number of amides is 2. The van der Waals surface area contributed by atoms with Crippen molar-refractivity contribution in [3.63, 3.8) is 0 Å². The van der Waals surface area contributed by atoms with E-state index in [1.807, 2.05) is 0 Å². The maximum absolute atomic E-state index is 12.8. The van der Waals surface area contributed by atoms with Gasteiger partial charge in [-0.3, -0.25) is 9.59 Å². The smallest absolute Gasteiger partial charge is 0.255 e. The van der Waals surface area contributed by atoms with E-state index in [9.17, 15) is 9.59 Å². The van der Waals surface area contributed by atoms with Gasteiger partial charge in [0, 0.05) is 34.5 Å². The van der Waals surface area contributed by atoms with Crippen LogP contribution in [0, 0.1) is 0 Å². The third-order valence-corrected chi connectivity index (χ3v) is 6.62. The zero-order valence-electron chi connectivity index (χ0n) is 14.3. The van der Waals surface area contributed by atoms with Gasteiger partial charge in [0.1, 0.15) is 6.04 Å². The van der Waals surface area contributed by atoms with E-state index in [1.54, 1.807) is 40.9 Å². The number of carbonyl (C=O) groups is 2. The van der Waals surface area contributed by atoms with Crippen molar-refractivity contribution in [3.8, 4) is 0 Å². The third kappa shape index (κ3) is 4.14. The lowest BCUT2D eigenvalue weighted by molar-refractivity contribution is -0.125. The van der Waals surface area contributed by atoms with Crippen LogP contribution in [0.1, 0.15) is 36.0 Å². The van der Waals surface area contributed by atoms with Crippen LogP contribution >= 0.6 is 35.8 Å². The summed E-state index contributed by atoms with van der Waals surface area (Å²) in [6.07, 6.45) is 4.40. The van der Waals surface area contributed by atoms with Crippen molar-refractivity contribution in [1.82, 2.24) is 15.5 Å². The molecule has 3 aliphatic heterocycles. The SMILES string of the molecule is Cl.O=C(NC1CC2CCC(C1)N2)C1CSCN1C(=O)c1ccc(Cl)cc1. The van der Waals surface area contributed by atoms with E-state index < -0.39 is 0 Å². The van der Waals surface area contributed by atoms with Crippen molar-refractivity contribution in [2.75, 3.05) is 11.6 Å². The number of thioether (sulfide) groups is 1. The molecule has 0 aromatic heterocycles. The first-order valence-corrected chi connectivity index (χ1v) is 10.3. The molecule has 8 heteroatoms. The fraction of sp³-hybridized carbons (Fsp3) is 0.556. The third-order valence-electron chi connectivity index (χ3n) is 5.36.